The van der Waals surface area contributed by atoms with E-state index >= 15 is 0 Å². The van der Waals surface area contributed by atoms with E-state index in [0.29, 0.717) is 28.6 Å². The number of hydrogen-bond acceptors (Lipinski definition) is 9. The molecule has 3 heterocycles. The van der Waals surface area contributed by atoms with Gasteiger partial charge in [-0.05, 0) is 30.7 Å². The highest BCUT2D eigenvalue weighted by atomic mass is 16.5. The normalized spacial score (nSPS) is 10.6. The van der Waals surface area contributed by atoms with E-state index in [0.717, 1.165) is 5.56 Å². The Morgan fingerprint density at radius 1 is 1.09 bits per heavy atom. The van der Waals surface area contributed by atoms with Crippen molar-refractivity contribution in [2.24, 2.45) is 12.8 Å². The minimum absolute atomic E-state index is 0.122. The number of pyridine rings is 1. The number of hydrogen-bond donors (Lipinski definition) is 3. The number of aromatic nitrogens is 6. The van der Waals surface area contributed by atoms with E-state index in [2.05, 4.69) is 35.7 Å². The van der Waals surface area contributed by atoms with Crippen molar-refractivity contribution in [1.29, 1.82) is 0 Å². The summed E-state index contributed by atoms with van der Waals surface area (Å²) in [5.41, 5.74) is 7.81. The number of aryl methyl sites for hydroxylation is 2. The Hall–Kier alpha value is -4.54. The Labute approximate surface area is 183 Å². The highest BCUT2D eigenvalue weighted by molar-refractivity contribution is 5.98. The molecule has 0 aliphatic carbocycles. The molecule has 4 aromatic rings. The quantitative estimate of drug-likeness (QED) is 0.402. The van der Waals surface area contributed by atoms with Gasteiger partial charge in [-0.1, -0.05) is 12.1 Å². The maximum atomic E-state index is 12.0. The first-order chi connectivity index (χ1) is 15.5. The summed E-state index contributed by atoms with van der Waals surface area (Å²) in [6.07, 6.45) is 4.62. The Bertz CT molecular complexity index is 1290. The number of primary amides is 1. The second-order valence-corrected chi connectivity index (χ2v) is 6.87. The number of carbonyl (C=O) groups is 1. The predicted octanol–water partition coefficient (Wildman–Crippen LogP) is 2.57. The standard InChI is InChI=1S/C21H21N9O2/c1-12-6-5-9-23-18(12)27-21-24-10-14(17(22)31)20(28-21)26-15-8-4-7-13(16(15)32-3)19-25-11-30(2)29-19/h4-11H,1-3H3,(H2,22,31)(H2,23,24,26,27,28). The number of para-hydroxylation sites is 1. The maximum absolute atomic E-state index is 12.0. The number of nitrogens with two attached hydrogens (primary N) is 1. The van der Waals surface area contributed by atoms with Gasteiger partial charge in [-0.15, -0.1) is 0 Å². The van der Waals surface area contributed by atoms with Crippen molar-refractivity contribution in [2.75, 3.05) is 17.7 Å². The Kier molecular flexibility index (Phi) is 5.62. The molecule has 0 fully saturated rings. The van der Waals surface area contributed by atoms with Crippen LogP contribution in [0.3, 0.4) is 0 Å². The van der Waals surface area contributed by atoms with E-state index < -0.39 is 5.91 Å². The molecule has 1 amide bonds. The number of ether oxygens (including phenoxy) is 1. The maximum Gasteiger partial charge on any atom is 0.254 e. The number of methoxy groups -OCH3 is 1. The van der Waals surface area contributed by atoms with E-state index in [1.165, 1.54) is 6.20 Å². The third-order valence-corrected chi connectivity index (χ3v) is 4.61. The van der Waals surface area contributed by atoms with Crippen molar-refractivity contribution in [3.63, 3.8) is 0 Å². The van der Waals surface area contributed by atoms with Crippen LogP contribution in [-0.2, 0) is 7.05 Å². The number of anilines is 4. The van der Waals surface area contributed by atoms with E-state index in [1.54, 1.807) is 37.4 Å². The second-order valence-electron chi connectivity index (χ2n) is 6.87. The van der Waals surface area contributed by atoms with Gasteiger partial charge in [0.1, 0.15) is 23.5 Å². The van der Waals surface area contributed by atoms with Crippen molar-refractivity contribution < 1.29 is 9.53 Å². The zero-order valence-corrected chi connectivity index (χ0v) is 17.7. The molecule has 32 heavy (non-hydrogen) atoms. The van der Waals surface area contributed by atoms with Gasteiger partial charge >= 0.3 is 0 Å². The number of amides is 1. The average molecular weight is 431 g/mol. The third-order valence-electron chi connectivity index (χ3n) is 4.61. The molecule has 11 heteroatoms. The van der Waals surface area contributed by atoms with Crippen LogP contribution < -0.4 is 21.1 Å². The molecular formula is C21H21N9O2. The number of carbonyl (C=O) groups excluding carboxylic acids is 1. The summed E-state index contributed by atoms with van der Waals surface area (Å²) in [6.45, 7) is 1.91. The number of rotatable bonds is 7. The molecule has 0 aliphatic heterocycles. The monoisotopic (exact) mass is 431 g/mol. The van der Waals surface area contributed by atoms with E-state index in [-0.39, 0.29) is 17.3 Å². The van der Waals surface area contributed by atoms with Crippen molar-refractivity contribution in [3.05, 3.63) is 60.2 Å². The van der Waals surface area contributed by atoms with Crippen LogP contribution in [0.4, 0.5) is 23.3 Å². The van der Waals surface area contributed by atoms with Crippen molar-refractivity contribution >= 4 is 29.2 Å². The van der Waals surface area contributed by atoms with E-state index in [4.69, 9.17) is 10.5 Å². The molecule has 11 nitrogen and oxygen atoms in total. The number of nitrogens with one attached hydrogen (secondary N) is 2. The van der Waals surface area contributed by atoms with E-state index in [9.17, 15) is 4.79 Å². The first kappa shape index (κ1) is 20.7. The number of benzene rings is 1. The van der Waals surface area contributed by atoms with Crippen LogP contribution >= 0.6 is 0 Å². The minimum atomic E-state index is -0.672. The van der Waals surface area contributed by atoms with Gasteiger partial charge in [-0.3, -0.25) is 9.48 Å². The van der Waals surface area contributed by atoms with Gasteiger partial charge in [-0.25, -0.2) is 15.0 Å². The largest absolute Gasteiger partial charge is 0.494 e. The molecule has 0 saturated heterocycles. The first-order valence-corrected chi connectivity index (χ1v) is 9.61. The fraction of sp³-hybridized carbons (Fsp3) is 0.143. The summed E-state index contributed by atoms with van der Waals surface area (Å²) in [4.78, 5) is 29.2. The second kappa shape index (κ2) is 8.68. The van der Waals surface area contributed by atoms with Gasteiger partial charge in [0.15, 0.2) is 11.6 Å². The Morgan fingerprint density at radius 3 is 2.62 bits per heavy atom. The minimum Gasteiger partial charge on any atom is -0.494 e. The van der Waals surface area contributed by atoms with Crippen LogP contribution in [0, 0.1) is 6.92 Å². The summed E-state index contributed by atoms with van der Waals surface area (Å²) in [5.74, 6) is 1.39. The van der Waals surface area contributed by atoms with Crippen LogP contribution in [0.2, 0.25) is 0 Å². The smallest absolute Gasteiger partial charge is 0.254 e. The van der Waals surface area contributed by atoms with Crippen molar-refractivity contribution in [1.82, 2.24) is 29.7 Å². The van der Waals surface area contributed by atoms with Gasteiger partial charge < -0.3 is 21.1 Å². The number of nitrogens with zero attached hydrogens (tertiary/aromatic N) is 6. The summed E-state index contributed by atoms with van der Waals surface area (Å²) in [7, 11) is 3.32. The van der Waals surface area contributed by atoms with Gasteiger partial charge in [0, 0.05) is 19.4 Å². The molecule has 0 radical (unpaired) electrons. The van der Waals surface area contributed by atoms with Crippen LogP contribution in [0.5, 0.6) is 5.75 Å². The van der Waals surface area contributed by atoms with Crippen molar-refractivity contribution in [2.45, 2.75) is 6.92 Å². The zero-order chi connectivity index (χ0) is 22.7. The van der Waals surface area contributed by atoms with Crippen LogP contribution in [0.25, 0.3) is 11.4 Å². The summed E-state index contributed by atoms with van der Waals surface area (Å²) in [5, 5.41) is 10.5. The fourth-order valence-electron chi connectivity index (χ4n) is 3.06. The molecule has 0 spiro atoms. The van der Waals surface area contributed by atoms with Crippen molar-refractivity contribution in [3.8, 4) is 17.1 Å². The molecule has 4 rings (SSSR count). The van der Waals surface area contributed by atoms with Crippen LogP contribution in [0.1, 0.15) is 15.9 Å². The average Bonchev–Trinajstić information content (AvgIpc) is 3.21. The molecule has 0 bridgehead atoms. The highest BCUT2D eigenvalue weighted by Gasteiger charge is 2.18. The summed E-state index contributed by atoms with van der Waals surface area (Å²) in [6, 6.07) is 9.19. The molecule has 1 aromatic carbocycles. The Morgan fingerprint density at radius 2 is 1.94 bits per heavy atom. The molecule has 162 valence electrons. The summed E-state index contributed by atoms with van der Waals surface area (Å²) < 4.78 is 7.22. The molecule has 0 saturated carbocycles. The molecule has 0 atom stereocenters. The topological polar surface area (TPSA) is 146 Å². The first-order valence-electron chi connectivity index (χ1n) is 9.61. The lowest BCUT2D eigenvalue weighted by atomic mass is 10.1. The fourth-order valence-corrected chi connectivity index (χ4v) is 3.06. The highest BCUT2D eigenvalue weighted by Crippen LogP contribution is 2.36. The lowest BCUT2D eigenvalue weighted by Gasteiger charge is -2.15. The molecule has 4 N–H and O–H groups in total. The zero-order valence-electron chi connectivity index (χ0n) is 17.7. The van der Waals surface area contributed by atoms with Crippen LogP contribution in [-0.4, -0.2) is 42.7 Å². The molecule has 0 aliphatic rings. The SMILES string of the molecule is COc1c(Nc2nc(Nc3ncccc3C)ncc2C(N)=O)cccc1-c1ncn(C)n1. The lowest BCUT2D eigenvalue weighted by molar-refractivity contribution is 0.100. The molecule has 3 aromatic heterocycles. The third kappa shape index (κ3) is 4.17. The van der Waals surface area contributed by atoms with E-state index in [1.807, 2.05) is 31.2 Å². The predicted molar refractivity (Wildman–Crippen MR) is 119 cm³/mol. The molecular weight excluding hydrogens is 410 g/mol. The molecule has 0 unspecified atom stereocenters. The Balaban J connectivity index is 1.73. The lowest BCUT2D eigenvalue weighted by Crippen LogP contribution is -2.16. The van der Waals surface area contributed by atoms with Gasteiger partial charge in [0.2, 0.25) is 5.95 Å². The van der Waals surface area contributed by atoms with Gasteiger partial charge in [-0.2, -0.15) is 10.1 Å². The van der Waals surface area contributed by atoms with Gasteiger partial charge in [0.05, 0.1) is 18.4 Å². The van der Waals surface area contributed by atoms with Gasteiger partial charge in [0.25, 0.3) is 5.91 Å². The van der Waals surface area contributed by atoms with Crippen LogP contribution in [0.15, 0.2) is 49.1 Å². The summed E-state index contributed by atoms with van der Waals surface area (Å²) >= 11 is 0.